The second-order valence-electron chi connectivity index (χ2n) is 3.89. The van der Waals surface area contributed by atoms with E-state index in [1.54, 1.807) is 30.5 Å². The number of carbonyl (C=O) groups is 2. The Hall–Kier alpha value is -2.41. The molecule has 6 nitrogen and oxygen atoms in total. The molecule has 0 aliphatic carbocycles. The van der Waals surface area contributed by atoms with Gasteiger partial charge in [-0.1, -0.05) is 12.1 Å². The summed E-state index contributed by atoms with van der Waals surface area (Å²) in [5, 5.41) is 5.69. The van der Waals surface area contributed by atoms with E-state index in [9.17, 15) is 9.59 Å². The number of para-hydroxylation sites is 1. The third kappa shape index (κ3) is 3.33. The van der Waals surface area contributed by atoms with Gasteiger partial charge in [-0.05, 0) is 19.1 Å². The Balaban J connectivity index is 2.19. The van der Waals surface area contributed by atoms with Crippen molar-refractivity contribution >= 4 is 34.2 Å². The Morgan fingerprint density at radius 1 is 1.25 bits per heavy atom. The summed E-state index contributed by atoms with van der Waals surface area (Å²) >= 11 is 1.38. The number of anilines is 2. The SMILES string of the molecule is COC(=O)Nc1ccccc1C(=O)Nc1ncc(C)s1. The fourth-order valence-corrected chi connectivity index (χ4v) is 2.19. The first-order valence-electron chi connectivity index (χ1n) is 5.78. The van der Waals surface area contributed by atoms with Crippen molar-refractivity contribution in [3.63, 3.8) is 0 Å². The minimum Gasteiger partial charge on any atom is -0.453 e. The van der Waals surface area contributed by atoms with Crippen LogP contribution >= 0.6 is 11.3 Å². The molecule has 1 aromatic carbocycles. The van der Waals surface area contributed by atoms with E-state index in [4.69, 9.17) is 0 Å². The monoisotopic (exact) mass is 291 g/mol. The van der Waals surface area contributed by atoms with Crippen LogP contribution in [0.5, 0.6) is 0 Å². The zero-order valence-corrected chi connectivity index (χ0v) is 11.8. The highest BCUT2D eigenvalue weighted by molar-refractivity contribution is 7.15. The number of amides is 2. The van der Waals surface area contributed by atoms with E-state index in [2.05, 4.69) is 20.4 Å². The van der Waals surface area contributed by atoms with Crippen LogP contribution in [-0.4, -0.2) is 24.1 Å². The Bertz CT molecular complexity index is 639. The molecule has 1 aromatic heterocycles. The zero-order valence-electron chi connectivity index (χ0n) is 11.0. The summed E-state index contributed by atoms with van der Waals surface area (Å²) in [6.07, 6.45) is 1.05. The summed E-state index contributed by atoms with van der Waals surface area (Å²) in [6.45, 7) is 1.90. The first-order chi connectivity index (χ1) is 9.60. The molecule has 2 amide bonds. The van der Waals surface area contributed by atoms with E-state index in [-0.39, 0.29) is 5.91 Å². The third-order valence-electron chi connectivity index (χ3n) is 2.44. The second-order valence-corrected chi connectivity index (χ2v) is 5.13. The Labute approximate surface area is 119 Å². The molecule has 1 heterocycles. The smallest absolute Gasteiger partial charge is 0.411 e. The topological polar surface area (TPSA) is 80.3 Å². The van der Waals surface area contributed by atoms with Crippen LogP contribution in [0.4, 0.5) is 15.6 Å². The molecule has 0 radical (unpaired) electrons. The van der Waals surface area contributed by atoms with Gasteiger partial charge in [-0.3, -0.25) is 15.4 Å². The number of hydrogen-bond donors (Lipinski definition) is 2. The lowest BCUT2D eigenvalue weighted by Crippen LogP contribution is -2.17. The molecule has 2 rings (SSSR count). The van der Waals surface area contributed by atoms with Crippen LogP contribution < -0.4 is 10.6 Å². The van der Waals surface area contributed by atoms with Gasteiger partial charge in [-0.25, -0.2) is 9.78 Å². The first kappa shape index (κ1) is 14.0. The van der Waals surface area contributed by atoms with Gasteiger partial charge in [0.15, 0.2) is 5.13 Å². The molecule has 0 atom stereocenters. The van der Waals surface area contributed by atoms with Gasteiger partial charge in [0, 0.05) is 11.1 Å². The maximum absolute atomic E-state index is 12.2. The molecule has 20 heavy (non-hydrogen) atoms. The van der Waals surface area contributed by atoms with Crippen LogP contribution in [0.1, 0.15) is 15.2 Å². The Morgan fingerprint density at radius 2 is 2.00 bits per heavy atom. The number of aryl methyl sites for hydroxylation is 1. The third-order valence-corrected chi connectivity index (χ3v) is 3.26. The molecule has 0 saturated heterocycles. The van der Waals surface area contributed by atoms with Crippen LogP contribution in [0.3, 0.4) is 0 Å². The molecule has 0 aliphatic heterocycles. The van der Waals surface area contributed by atoms with Crippen LogP contribution in [-0.2, 0) is 4.74 Å². The van der Waals surface area contributed by atoms with Gasteiger partial charge in [0.05, 0.1) is 18.4 Å². The van der Waals surface area contributed by atoms with E-state index in [0.29, 0.717) is 16.4 Å². The van der Waals surface area contributed by atoms with E-state index in [1.165, 1.54) is 18.4 Å². The molecule has 104 valence electrons. The lowest BCUT2D eigenvalue weighted by Gasteiger charge is -2.09. The van der Waals surface area contributed by atoms with Crippen molar-refractivity contribution in [2.75, 3.05) is 17.7 Å². The minimum absolute atomic E-state index is 0.339. The van der Waals surface area contributed by atoms with E-state index >= 15 is 0 Å². The maximum Gasteiger partial charge on any atom is 0.411 e. The molecular weight excluding hydrogens is 278 g/mol. The number of carbonyl (C=O) groups excluding carboxylic acids is 2. The molecule has 2 N–H and O–H groups in total. The van der Waals surface area contributed by atoms with Crippen molar-refractivity contribution in [3.05, 3.63) is 40.9 Å². The predicted molar refractivity (Wildman–Crippen MR) is 77.3 cm³/mol. The number of benzene rings is 1. The van der Waals surface area contributed by atoms with Crippen LogP contribution in [0.15, 0.2) is 30.5 Å². The summed E-state index contributed by atoms with van der Waals surface area (Å²) in [5.74, 6) is -0.341. The Morgan fingerprint density at radius 3 is 2.65 bits per heavy atom. The van der Waals surface area contributed by atoms with Crippen molar-refractivity contribution < 1.29 is 14.3 Å². The average Bonchev–Trinajstić information content (AvgIpc) is 2.84. The predicted octanol–water partition coefficient (Wildman–Crippen LogP) is 2.88. The first-order valence-corrected chi connectivity index (χ1v) is 6.59. The summed E-state index contributed by atoms with van der Waals surface area (Å²) in [4.78, 5) is 28.5. The van der Waals surface area contributed by atoms with Gasteiger partial charge >= 0.3 is 6.09 Å². The normalized spacial score (nSPS) is 9.90. The average molecular weight is 291 g/mol. The lowest BCUT2D eigenvalue weighted by atomic mass is 10.1. The van der Waals surface area contributed by atoms with Crippen molar-refractivity contribution in [1.82, 2.24) is 4.98 Å². The Kier molecular flexibility index (Phi) is 4.31. The van der Waals surface area contributed by atoms with Gasteiger partial charge in [0.25, 0.3) is 5.91 Å². The standard InChI is InChI=1S/C13H13N3O3S/c1-8-7-14-12(20-8)16-11(17)9-5-3-4-6-10(9)15-13(18)19-2/h3-7H,1-2H3,(H,15,18)(H,14,16,17). The largest absolute Gasteiger partial charge is 0.453 e. The molecule has 7 heteroatoms. The molecule has 0 unspecified atom stereocenters. The van der Waals surface area contributed by atoms with E-state index in [0.717, 1.165) is 4.88 Å². The van der Waals surface area contributed by atoms with Gasteiger partial charge < -0.3 is 4.74 Å². The lowest BCUT2D eigenvalue weighted by molar-refractivity contribution is 0.102. The van der Waals surface area contributed by atoms with E-state index < -0.39 is 6.09 Å². The molecule has 0 saturated carbocycles. The minimum atomic E-state index is -0.629. The van der Waals surface area contributed by atoms with Crippen molar-refractivity contribution in [1.29, 1.82) is 0 Å². The number of rotatable bonds is 3. The number of nitrogens with one attached hydrogen (secondary N) is 2. The highest BCUT2D eigenvalue weighted by Gasteiger charge is 2.14. The quantitative estimate of drug-likeness (QED) is 0.911. The van der Waals surface area contributed by atoms with Crippen LogP contribution in [0.2, 0.25) is 0 Å². The highest BCUT2D eigenvalue weighted by atomic mass is 32.1. The summed E-state index contributed by atoms with van der Waals surface area (Å²) < 4.78 is 4.52. The molecule has 0 fully saturated rings. The number of nitrogens with zero attached hydrogens (tertiary/aromatic N) is 1. The maximum atomic E-state index is 12.2. The molecule has 0 spiro atoms. The number of thiazole rings is 1. The van der Waals surface area contributed by atoms with Gasteiger partial charge in [0.2, 0.25) is 0 Å². The summed E-state index contributed by atoms with van der Waals surface area (Å²) in [6, 6.07) is 6.67. The number of aromatic nitrogens is 1. The molecule has 0 aliphatic rings. The van der Waals surface area contributed by atoms with Gasteiger partial charge in [-0.15, -0.1) is 11.3 Å². The molecule has 0 bridgehead atoms. The van der Waals surface area contributed by atoms with Crippen molar-refractivity contribution in [3.8, 4) is 0 Å². The molecule has 2 aromatic rings. The van der Waals surface area contributed by atoms with Crippen LogP contribution in [0, 0.1) is 6.92 Å². The van der Waals surface area contributed by atoms with Gasteiger partial charge in [-0.2, -0.15) is 0 Å². The van der Waals surface area contributed by atoms with Crippen molar-refractivity contribution in [2.45, 2.75) is 6.92 Å². The number of ether oxygens (including phenoxy) is 1. The van der Waals surface area contributed by atoms with E-state index in [1.807, 2.05) is 6.92 Å². The van der Waals surface area contributed by atoms with Crippen LogP contribution in [0.25, 0.3) is 0 Å². The zero-order chi connectivity index (χ0) is 14.5. The van der Waals surface area contributed by atoms with Gasteiger partial charge in [0.1, 0.15) is 0 Å². The number of methoxy groups -OCH3 is 1. The number of hydrogen-bond acceptors (Lipinski definition) is 5. The fraction of sp³-hybridized carbons (Fsp3) is 0.154. The highest BCUT2D eigenvalue weighted by Crippen LogP contribution is 2.20. The van der Waals surface area contributed by atoms with Crippen molar-refractivity contribution in [2.24, 2.45) is 0 Å². The molecular formula is C13H13N3O3S. The summed E-state index contributed by atoms with van der Waals surface area (Å²) in [5.41, 5.74) is 0.718. The fourth-order valence-electron chi connectivity index (χ4n) is 1.53. The summed E-state index contributed by atoms with van der Waals surface area (Å²) in [7, 11) is 1.26. The second kappa shape index (κ2) is 6.16.